The molecule has 0 aliphatic heterocycles. The van der Waals surface area contributed by atoms with Crippen molar-refractivity contribution in [2.24, 2.45) is 0 Å². The number of furan rings is 1. The number of hydrogen-bond donors (Lipinski definition) is 0. The molecule has 0 atom stereocenters. The predicted octanol–water partition coefficient (Wildman–Crippen LogP) is 7.76. The van der Waals surface area contributed by atoms with E-state index in [-0.39, 0.29) is 0 Å². The Morgan fingerprint density at radius 1 is 1.00 bits per heavy atom. The molecule has 144 valence electrons. The quantitative estimate of drug-likeness (QED) is 0.395. The summed E-state index contributed by atoms with van der Waals surface area (Å²) in [7, 11) is 1.80. The predicted molar refractivity (Wildman–Crippen MR) is 117 cm³/mol. The molecule has 2 nitrogen and oxygen atoms in total. The van der Waals surface area contributed by atoms with Crippen molar-refractivity contribution >= 4 is 16.3 Å². The molecule has 28 heavy (non-hydrogen) atoms. The first-order valence-electron chi connectivity index (χ1n) is 10.4. The normalized spacial score (nSPS) is 14.9. The van der Waals surface area contributed by atoms with E-state index in [1.165, 1.54) is 23.0 Å². The monoisotopic (exact) mass is 372 g/mol. The number of methoxy groups -OCH3 is 1. The highest BCUT2D eigenvalue weighted by atomic mass is 16.5. The van der Waals surface area contributed by atoms with E-state index in [1.54, 1.807) is 7.11 Å². The Hall–Kier alpha value is -2.74. The van der Waals surface area contributed by atoms with Crippen LogP contribution in [-0.2, 0) is 4.74 Å². The van der Waals surface area contributed by atoms with E-state index in [0.717, 1.165) is 60.3 Å². The number of benzene rings is 2. The average Bonchev–Trinajstić information content (AvgIpc) is 3.40. The minimum atomic E-state index is 0.941. The van der Waals surface area contributed by atoms with Gasteiger partial charge in [-0.25, -0.2) is 0 Å². The maximum absolute atomic E-state index is 6.59. The molecule has 0 amide bonds. The number of allylic oxidation sites excluding steroid dienone is 3. The van der Waals surface area contributed by atoms with Gasteiger partial charge >= 0.3 is 0 Å². The number of unbranched alkanes of at least 4 members (excludes halogenated alkanes) is 1. The lowest BCUT2D eigenvalue weighted by molar-refractivity contribution is 0.299. The van der Waals surface area contributed by atoms with Crippen LogP contribution in [0.5, 0.6) is 0 Å². The first-order chi connectivity index (χ1) is 13.8. The van der Waals surface area contributed by atoms with E-state index in [9.17, 15) is 0 Å². The molecule has 4 rings (SSSR count). The molecule has 0 radical (unpaired) electrons. The van der Waals surface area contributed by atoms with Crippen LogP contribution in [0.15, 0.2) is 76.4 Å². The Balaban J connectivity index is 1.94. The lowest BCUT2D eigenvalue weighted by atomic mass is 9.97. The van der Waals surface area contributed by atoms with Gasteiger partial charge in [0.25, 0.3) is 0 Å². The summed E-state index contributed by atoms with van der Waals surface area (Å²) in [5.74, 6) is 2.92. The highest BCUT2D eigenvalue weighted by molar-refractivity contribution is 6.01. The first kappa shape index (κ1) is 18.6. The van der Waals surface area contributed by atoms with Crippen molar-refractivity contribution in [1.82, 2.24) is 0 Å². The van der Waals surface area contributed by atoms with E-state index in [4.69, 9.17) is 9.15 Å². The van der Waals surface area contributed by atoms with Crippen molar-refractivity contribution in [2.45, 2.75) is 45.4 Å². The minimum absolute atomic E-state index is 0.941. The van der Waals surface area contributed by atoms with Gasteiger partial charge in [-0.2, -0.15) is 0 Å². The lowest BCUT2D eigenvalue weighted by Crippen LogP contribution is -1.98. The zero-order valence-electron chi connectivity index (χ0n) is 16.8. The SMILES string of the molecule is CCCC/C(=C(/OC)C1=CCCC1)c1oc(-c2ccccc2)c2ccccc12. The molecule has 0 spiro atoms. The summed E-state index contributed by atoms with van der Waals surface area (Å²) < 4.78 is 12.6. The molecule has 0 bridgehead atoms. The van der Waals surface area contributed by atoms with Crippen LogP contribution < -0.4 is 0 Å². The summed E-state index contributed by atoms with van der Waals surface area (Å²) >= 11 is 0. The van der Waals surface area contributed by atoms with E-state index < -0.39 is 0 Å². The fourth-order valence-corrected chi connectivity index (χ4v) is 4.13. The molecule has 1 aliphatic rings. The van der Waals surface area contributed by atoms with Crippen molar-refractivity contribution in [3.05, 3.63) is 77.8 Å². The molecule has 0 N–H and O–H groups in total. The van der Waals surface area contributed by atoms with Gasteiger partial charge < -0.3 is 9.15 Å². The van der Waals surface area contributed by atoms with Gasteiger partial charge in [-0.15, -0.1) is 0 Å². The van der Waals surface area contributed by atoms with E-state index in [2.05, 4.69) is 61.5 Å². The largest absolute Gasteiger partial charge is 0.496 e. The van der Waals surface area contributed by atoms with Gasteiger partial charge in [-0.05, 0) is 37.7 Å². The van der Waals surface area contributed by atoms with Gasteiger partial charge in [-0.3, -0.25) is 0 Å². The van der Waals surface area contributed by atoms with E-state index in [1.807, 2.05) is 6.07 Å². The highest BCUT2D eigenvalue weighted by Crippen LogP contribution is 2.41. The summed E-state index contributed by atoms with van der Waals surface area (Å²) in [5, 5.41) is 2.33. The topological polar surface area (TPSA) is 22.4 Å². The van der Waals surface area contributed by atoms with Gasteiger partial charge in [0.15, 0.2) is 0 Å². The van der Waals surface area contributed by atoms with Crippen molar-refractivity contribution in [3.63, 3.8) is 0 Å². The van der Waals surface area contributed by atoms with Crippen molar-refractivity contribution < 1.29 is 9.15 Å². The molecule has 2 aromatic carbocycles. The molecule has 0 saturated heterocycles. The molecule has 3 aromatic rings. The molecular weight excluding hydrogens is 344 g/mol. The molecule has 0 fully saturated rings. The molecule has 0 saturated carbocycles. The Kier molecular flexibility index (Phi) is 5.66. The number of ether oxygens (including phenoxy) is 1. The van der Waals surface area contributed by atoms with Crippen LogP contribution in [0.25, 0.3) is 27.7 Å². The molecule has 1 aliphatic carbocycles. The summed E-state index contributed by atoms with van der Waals surface area (Å²) in [6.45, 7) is 2.23. The van der Waals surface area contributed by atoms with Crippen molar-refractivity contribution in [1.29, 1.82) is 0 Å². The Morgan fingerprint density at radius 2 is 1.75 bits per heavy atom. The third kappa shape index (κ3) is 3.52. The second kappa shape index (κ2) is 8.52. The maximum Gasteiger partial charge on any atom is 0.142 e. The van der Waals surface area contributed by atoms with Crippen LogP contribution in [0.2, 0.25) is 0 Å². The van der Waals surface area contributed by atoms with E-state index in [0.29, 0.717) is 0 Å². The maximum atomic E-state index is 6.59. The van der Waals surface area contributed by atoms with Crippen LogP contribution in [0.4, 0.5) is 0 Å². The number of hydrogen-bond acceptors (Lipinski definition) is 2. The van der Waals surface area contributed by atoms with Gasteiger partial charge in [0, 0.05) is 21.9 Å². The lowest BCUT2D eigenvalue weighted by Gasteiger charge is -2.14. The third-order valence-electron chi connectivity index (χ3n) is 5.52. The number of fused-ring (bicyclic) bond motifs is 1. The van der Waals surface area contributed by atoms with Crippen LogP contribution in [-0.4, -0.2) is 7.11 Å². The summed E-state index contributed by atoms with van der Waals surface area (Å²) in [6, 6.07) is 18.9. The number of rotatable bonds is 7. The Labute approximate surface area is 167 Å². The van der Waals surface area contributed by atoms with Gasteiger partial charge in [0.1, 0.15) is 17.3 Å². The standard InChI is InChI=1S/C26H28O2/c1-3-4-16-23(24(27-2)19-14-8-9-15-19)26-22-18-11-10-17-21(22)25(28-26)20-12-6-5-7-13-20/h5-7,10-14,17-18H,3-4,8-9,15-16H2,1-2H3/b24-23-. The van der Waals surface area contributed by atoms with Crippen molar-refractivity contribution in [3.8, 4) is 11.3 Å². The van der Waals surface area contributed by atoms with Crippen LogP contribution in [0.3, 0.4) is 0 Å². The van der Waals surface area contributed by atoms with Gasteiger partial charge in [0.2, 0.25) is 0 Å². The Morgan fingerprint density at radius 3 is 2.43 bits per heavy atom. The summed E-state index contributed by atoms with van der Waals surface area (Å²) in [6.07, 6.45) is 8.98. The van der Waals surface area contributed by atoms with Gasteiger partial charge in [-0.1, -0.05) is 74.0 Å². The van der Waals surface area contributed by atoms with Crippen LogP contribution >= 0.6 is 0 Å². The zero-order valence-corrected chi connectivity index (χ0v) is 16.8. The van der Waals surface area contributed by atoms with Gasteiger partial charge in [0.05, 0.1) is 7.11 Å². The molecule has 0 unspecified atom stereocenters. The molecular formula is C26H28O2. The first-order valence-corrected chi connectivity index (χ1v) is 10.4. The summed E-state index contributed by atoms with van der Waals surface area (Å²) in [4.78, 5) is 0. The van der Waals surface area contributed by atoms with E-state index >= 15 is 0 Å². The fraction of sp³-hybridized carbons (Fsp3) is 0.308. The van der Waals surface area contributed by atoms with Crippen LogP contribution in [0.1, 0.15) is 51.2 Å². The average molecular weight is 373 g/mol. The highest BCUT2D eigenvalue weighted by Gasteiger charge is 2.23. The fourth-order valence-electron chi connectivity index (χ4n) is 4.13. The third-order valence-corrected chi connectivity index (χ3v) is 5.52. The van der Waals surface area contributed by atoms with Crippen molar-refractivity contribution in [2.75, 3.05) is 7.11 Å². The second-order valence-corrected chi connectivity index (χ2v) is 7.41. The minimum Gasteiger partial charge on any atom is -0.496 e. The summed E-state index contributed by atoms with van der Waals surface area (Å²) in [5.41, 5.74) is 3.64. The molecule has 2 heteroatoms. The Bertz CT molecular complexity index is 1010. The zero-order chi connectivity index (χ0) is 19.3. The molecule has 1 aromatic heterocycles. The van der Waals surface area contributed by atoms with Crippen LogP contribution in [0, 0.1) is 0 Å². The smallest absolute Gasteiger partial charge is 0.142 e. The second-order valence-electron chi connectivity index (χ2n) is 7.41. The molecule has 1 heterocycles.